The summed E-state index contributed by atoms with van der Waals surface area (Å²) >= 11 is 1.96. The molecule has 0 spiro atoms. The number of nitrogens with two attached hydrogens (primary N) is 1. The first-order valence-corrected chi connectivity index (χ1v) is 6.98. The van der Waals surface area contributed by atoms with Crippen LogP contribution < -0.4 is 5.73 Å². The minimum absolute atomic E-state index is 0.463. The third-order valence-corrected chi connectivity index (χ3v) is 4.35. The Labute approximate surface area is 96.4 Å². The molecule has 0 radical (unpaired) electrons. The molecule has 15 heavy (non-hydrogen) atoms. The third kappa shape index (κ3) is 2.06. The molecule has 1 aliphatic rings. The van der Waals surface area contributed by atoms with E-state index in [1.807, 2.05) is 11.8 Å². The van der Waals surface area contributed by atoms with Crippen LogP contribution in [0.5, 0.6) is 0 Å². The monoisotopic (exact) mass is 221 g/mol. The van der Waals surface area contributed by atoms with Gasteiger partial charge in [0.25, 0.3) is 0 Å². The Hall–Kier alpha value is -0.470. The maximum absolute atomic E-state index is 5.69. The third-order valence-electron chi connectivity index (χ3n) is 3.51. The van der Waals surface area contributed by atoms with Crippen molar-refractivity contribution in [3.8, 4) is 0 Å². The summed E-state index contributed by atoms with van der Waals surface area (Å²) in [6, 6.07) is 8.84. The molecule has 0 aromatic heterocycles. The smallest absolute Gasteiger partial charge is 0.0178 e. The second-order valence-corrected chi connectivity index (χ2v) is 5.34. The molecule has 1 aromatic rings. The van der Waals surface area contributed by atoms with Crippen molar-refractivity contribution in [2.45, 2.75) is 31.2 Å². The Morgan fingerprint density at radius 1 is 1.40 bits per heavy atom. The number of rotatable bonds is 4. The molecule has 0 amide bonds. The van der Waals surface area contributed by atoms with E-state index in [9.17, 15) is 0 Å². The second kappa shape index (κ2) is 4.58. The topological polar surface area (TPSA) is 26.0 Å². The van der Waals surface area contributed by atoms with Gasteiger partial charge in [-0.15, -0.1) is 0 Å². The Morgan fingerprint density at radius 3 is 2.73 bits per heavy atom. The van der Waals surface area contributed by atoms with Gasteiger partial charge in [0.05, 0.1) is 0 Å². The molecule has 0 aliphatic heterocycles. The molecule has 2 rings (SSSR count). The molecule has 2 N–H and O–H groups in total. The predicted octanol–water partition coefficient (Wildman–Crippen LogP) is 2.93. The Balaban J connectivity index is 2.26. The van der Waals surface area contributed by atoms with Crippen molar-refractivity contribution >= 4 is 11.8 Å². The van der Waals surface area contributed by atoms with E-state index in [1.54, 1.807) is 0 Å². The Kier molecular flexibility index (Phi) is 3.37. The first-order chi connectivity index (χ1) is 7.30. The van der Waals surface area contributed by atoms with Crippen LogP contribution >= 0.6 is 11.8 Å². The van der Waals surface area contributed by atoms with Crippen LogP contribution in [0.25, 0.3) is 0 Å². The summed E-state index contributed by atoms with van der Waals surface area (Å²) in [5.74, 6) is 1.25. The summed E-state index contributed by atoms with van der Waals surface area (Å²) in [6.07, 6.45) is 6.28. The van der Waals surface area contributed by atoms with Crippen molar-refractivity contribution in [3.63, 3.8) is 0 Å². The van der Waals surface area contributed by atoms with Crippen LogP contribution in [-0.4, -0.2) is 12.0 Å². The number of hydrogen-bond donors (Lipinski definition) is 1. The van der Waals surface area contributed by atoms with Crippen molar-refractivity contribution < 1.29 is 0 Å². The Morgan fingerprint density at radius 2 is 2.20 bits per heavy atom. The highest BCUT2D eigenvalue weighted by Gasteiger charge is 2.37. The van der Waals surface area contributed by atoms with E-state index in [1.165, 1.54) is 36.1 Å². The molecule has 1 fully saturated rings. The van der Waals surface area contributed by atoms with Crippen molar-refractivity contribution in [3.05, 3.63) is 35.4 Å². The van der Waals surface area contributed by atoms with Gasteiger partial charge in [-0.3, -0.25) is 0 Å². The van der Waals surface area contributed by atoms with Gasteiger partial charge in [0.1, 0.15) is 0 Å². The molecule has 1 aliphatic carbocycles. The van der Waals surface area contributed by atoms with Crippen LogP contribution in [0, 0.1) is 0 Å². The van der Waals surface area contributed by atoms with Crippen molar-refractivity contribution in [2.75, 3.05) is 12.0 Å². The predicted molar refractivity (Wildman–Crippen MR) is 68.2 cm³/mol. The molecule has 2 heteroatoms. The van der Waals surface area contributed by atoms with Gasteiger partial charge in [-0.1, -0.05) is 30.7 Å². The summed E-state index contributed by atoms with van der Waals surface area (Å²) in [5, 5.41) is 0. The molecule has 82 valence electrons. The summed E-state index contributed by atoms with van der Waals surface area (Å²) < 4.78 is 0. The minimum atomic E-state index is 0.463. The summed E-state index contributed by atoms with van der Waals surface area (Å²) in [7, 11) is 0. The maximum atomic E-state index is 5.69. The lowest BCUT2D eigenvalue weighted by molar-refractivity contribution is 0.279. The molecule has 1 aromatic carbocycles. The highest BCUT2D eigenvalue weighted by molar-refractivity contribution is 7.98. The molecule has 0 unspecified atom stereocenters. The molecular weight excluding hydrogens is 202 g/mol. The largest absolute Gasteiger partial charge is 0.326 e. The highest BCUT2D eigenvalue weighted by atomic mass is 32.2. The van der Waals surface area contributed by atoms with Gasteiger partial charge in [0, 0.05) is 17.7 Å². The first kappa shape index (κ1) is 11.0. The standard InChI is InChI=1S/C13H19NS/c1-15-10-13(6-3-7-13)12-5-2-4-11(8-12)9-14/h2,4-5,8H,3,6-7,9-10,14H2,1H3. The summed E-state index contributed by atoms with van der Waals surface area (Å²) in [4.78, 5) is 0. The molecule has 0 heterocycles. The Bertz CT molecular complexity index is 331. The summed E-state index contributed by atoms with van der Waals surface area (Å²) in [5.41, 5.74) is 8.92. The molecule has 0 saturated heterocycles. The van der Waals surface area contributed by atoms with Crippen LogP contribution in [0.2, 0.25) is 0 Å². The van der Waals surface area contributed by atoms with Gasteiger partial charge < -0.3 is 5.73 Å². The fraction of sp³-hybridized carbons (Fsp3) is 0.538. The van der Waals surface area contributed by atoms with E-state index < -0.39 is 0 Å². The SMILES string of the molecule is CSCC1(c2cccc(CN)c2)CCC1. The zero-order valence-corrected chi connectivity index (χ0v) is 10.1. The van der Waals surface area contributed by atoms with E-state index in [0.29, 0.717) is 12.0 Å². The fourth-order valence-electron chi connectivity index (χ4n) is 2.42. The second-order valence-electron chi connectivity index (χ2n) is 4.47. The molecule has 1 nitrogen and oxygen atoms in total. The van der Waals surface area contributed by atoms with E-state index >= 15 is 0 Å². The van der Waals surface area contributed by atoms with Crippen LogP contribution in [0.1, 0.15) is 30.4 Å². The average Bonchev–Trinajstić information content (AvgIpc) is 2.23. The lowest BCUT2D eigenvalue weighted by Gasteiger charge is -2.42. The average molecular weight is 221 g/mol. The number of benzene rings is 1. The van der Waals surface area contributed by atoms with Gasteiger partial charge >= 0.3 is 0 Å². The van der Waals surface area contributed by atoms with Gasteiger partial charge in [0.15, 0.2) is 0 Å². The van der Waals surface area contributed by atoms with E-state index in [4.69, 9.17) is 5.73 Å². The fourth-order valence-corrected chi connectivity index (χ4v) is 3.43. The van der Waals surface area contributed by atoms with E-state index in [-0.39, 0.29) is 0 Å². The van der Waals surface area contributed by atoms with Gasteiger partial charge in [0.2, 0.25) is 0 Å². The number of thioether (sulfide) groups is 1. The molecular formula is C13H19NS. The van der Waals surface area contributed by atoms with Crippen LogP contribution in [-0.2, 0) is 12.0 Å². The van der Waals surface area contributed by atoms with Crippen molar-refractivity contribution in [2.24, 2.45) is 5.73 Å². The lowest BCUT2D eigenvalue weighted by Crippen LogP contribution is -2.36. The van der Waals surface area contributed by atoms with E-state index in [2.05, 4.69) is 30.5 Å². The van der Waals surface area contributed by atoms with Crippen molar-refractivity contribution in [1.29, 1.82) is 0 Å². The van der Waals surface area contributed by atoms with Gasteiger partial charge in [-0.2, -0.15) is 11.8 Å². The molecule has 1 saturated carbocycles. The molecule has 0 atom stereocenters. The zero-order valence-electron chi connectivity index (χ0n) is 9.33. The first-order valence-electron chi connectivity index (χ1n) is 5.59. The van der Waals surface area contributed by atoms with Gasteiger partial charge in [-0.25, -0.2) is 0 Å². The summed E-state index contributed by atoms with van der Waals surface area (Å²) in [6.45, 7) is 0.656. The quantitative estimate of drug-likeness (QED) is 0.846. The van der Waals surface area contributed by atoms with Crippen LogP contribution in [0.4, 0.5) is 0 Å². The highest BCUT2D eigenvalue weighted by Crippen LogP contribution is 2.45. The van der Waals surface area contributed by atoms with Crippen LogP contribution in [0.3, 0.4) is 0 Å². The van der Waals surface area contributed by atoms with Crippen molar-refractivity contribution in [1.82, 2.24) is 0 Å². The van der Waals surface area contributed by atoms with Gasteiger partial charge in [-0.05, 0) is 30.2 Å². The number of hydrogen-bond acceptors (Lipinski definition) is 2. The maximum Gasteiger partial charge on any atom is 0.0178 e. The minimum Gasteiger partial charge on any atom is -0.326 e. The van der Waals surface area contributed by atoms with E-state index in [0.717, 1.165) is 0 Å². The zero-order chi connectivity index (χ0) is 10.7. The van der Waals surface area contributed by atoms with Crippen LogP contribution in [0.15, 0.2) is 24.3 Å². The normalized spacial score (nSPS) is 18.5. The molecule has 0 bridgehead atoms. The lowest BCUT2D eigenvalue weighted by atomic mass is 9.65.